The average Bonchev–Trinajstić information content (AvgIpc) is 2.38. The van der Waals surface area contributed by atoms with Crippen LogP contribution in [0.2, 0.25) is 0 Å². The number of carbonyl (C=O) groups is 1. The zero-order chi connectivity index (χ0) is 14.0. The molecule has 1 atom stereocenters. The second-order valence-electron chi connectivity index (χ2n) is 3.97. The lowest BCUT2D eigenvalue weighted by molar-refractivity contribution is 0.0958. The van der Waals surface area contributed by atoms with E-state index in [1.165, 1.54) is 6.92 Å². The summed E-state index contributed by atoms with van der Waals surface area (Å²) >= 11 is 0. The van der Waals surface area contributed by atoms with E-state index in [-0.39, 0.29) is 11.3 Å². The van der Waals surface area contributed by atoms with Crippen molar-refractivity contribution in [2.24, 2.45) is 0 Å². The van der Waals surface area contributed by atoms with Crippen molar-refractivity contribution in [1.29, 1.82) is 0 Å². The Bertz CT molecular complexity index is 631. The third-order valence-corrected chi connectivity index (χ3v) is 2.70. The Hall–Kier alpha value is -2.24. The van der Waals surface area contributed by atoms with Crippen LogP contribution in [0.4, 0.5) is 13.2 Å². The molecule has 1 heterocycles. The third-order valence-electron chi connectivity index (χ3n) is 2.70. The fourth-order valence-electron chi connectivity index (χ4n) is 1.69. The highest BCUT2D eigenvalue weighted by molar-refractivity contribution is 6.00. The molecule has 6 heteroatoms. The van der Waals surface area contributed by atoms with Crippen LogP contribution in [0.25, 0.3) is 0 Å². The second-order valence-corrected chi connectivity index (χ2v) is 3.97. The first kappa shape index (κ1) is 13.2. The first-order valence-corrected chi connectivity index (χ1v) is 5.45. The molecule has 1 unspecified atom stereocenters. The van der Waals surface area contributed by atoms with Crippen LogP contribution in [0.3, 0.4) is 0 Å². The number of aromatic nitrogens is 2. The molecule has 0 saturated heterocycles. The van der Waals surface area contributed by atoms with Crippen LogP contribution in [-0.2, 0) is 0 Å². The lowest BCUT2D eigenvalue weighted by Gasteiger charge is -2.11. The van der Waals surface area contributed by atoms with Crippen molar-refractivity contribution in [3.63, 3.8) is 0 Å². The number of hydrogen-bond donors (Lipinski definition) is 0. The summed E-state index contributed by atoms with van der Waals surface area (Å²) in [6.45, 7) is 1.40. The van der Waals surface area contributed by atoms with Crippen LogP contribution in [0.5, 0.6) is 0 Å². The molecule has 2 rings (SSSR count). The maximum atomic E-state index is 13.5. The van der Waals surface area contributed by atoms with Gasteiger partial charge in [0.25, 0.3) is 0 Å². The minimum atomic E-state index is -0.983. The van der Waals surface area contributed by atoms with Gasteiger partial charge in [-0.2, -0.15) is 0 Å². The fourth-order valence-corrected chi connectivity index (χ4v) is 1.69. The zero-order valence-electron chi connectivity index (χ0n) is 9.90. The summed E-state index contributed by atoms with van der Waals surface area (Å²) in [7, 11) is 0. The number of rotatable bonds is 3. The predicted octanol–water partition coefficient (Wildman–Crippen LogP) is 2.88. The van der Waals surface area contributed by atoms with E-state index in [1.54, 1.807) is 0 Å². The van der Waals surface area contributed by atoms with Gasteiger partial charge in [0, 0.05) is 6.07 Å². The standard InChI is InChI=1S/C13H9F3N2O/c1-7(12-11(16)5-17-6-18-12)13(19)9-3-2-8(14)4-10(9)15/h2-7H,1H3. The van der Waals surface area contributed by atoms with Gasteiger partial charge in [0.05, 0.1) is 23.4 Å². The smallest absolute Gasteiger partial charge is 0.174 e. The maximum Gasteiger partial charge on any atom is 0.174 e. The van der Waals surface area contributed by atoms with E-state index < -0.39 is 29.2 Å². The molecule has 0 saturated carbocycles. The van der Waals surface area contributed by atoms with E-state index in [2.05, 4.69) is 9.97 Å². The van der Waals surface area contributed by atoms with Crippen LogP contribution < -0.4 is 0 Å². The van der Waals surface area contributed by atoms with E-state index in [9.17, 15) is 18.0 Å². The highest BCUT2D eigenvalue weighted by atomic mass is 19.1. The molecule has 0 aliphatic rings. The summed E-state index contributed by atoms with van der Waals surface area (Å²) in [5, 5.41) is 0. The molecule has 19 heavy (non-hydrogen) atoms. The van der Waals surface area contributed by atoms with Crippen LogP contribution in [-0.4, -0.2) is 15.8 Å². The molecule has 0 bridgehead atoms. The molecule has 0 fully saturated rings. The molecule has 0 N–H and O–H groups in total. The van der Waals surface area contributed by atoms with Crippen molar-refractivity contribution in [2.75, 3.05) is 0 Å². The summed E-state index contributed by atoms with van der Waals surface area (Å²) in [5.74, 6) is -4.16. The topological polar surface area (TPSA) is 42.9 Å². The van der Waals surface area contributed by atoms with Gasteiger partial charge in [-0.3, -0.25) is 4.79 Å². The zero-order valence-corrected chi connectivity index (χ0v) is 9.90. The summed E-state index contributed by atoms with van der Waals surface area (Å²) in [4.78, 5) is 19.2. The highest BCUT2D eigenvalue weighted by Gasteiger charge is 2.24. The van der Waals surface area contributed by atoms with Crippen molar-refractivity contribution in [3.05, 3.63) is 59.4 Å². The molecule has 98 valence electrons. The second kappa shape index (κ2) is 5.17. The fraction of sp³-hybridized carbons (Fsp3) is 0.154. The van der Waals surface area contributed by atoms with Gasteiger partial charge < -0.3 is 0 Å². The Morgan fingerprint density at radius 1 is 1.21 bits per heavy atom. The Labute approximate surface area is 107 Å². The monoisotopic (exact) mass is 266 g/mol. The van der Waals surface area contributed by atoms with Gasteiger partial charge >= 0.3 is 0 Å². The lowest BCUT2D eigenvalue weighted by Crippen LogP contribution is -2.14. The van der Waals surface area contributed by atoms with Crippen molar-refractivity contribution in [1.82, 2.24) is 9.97 Å². The van der Waals surface area contributed by atoms with Gasteiger partial charge in [-0.25, -0.2) is 23.1 Å². The molecule has 0 radical (unpaired) electrons. The first-order chi connectivity index (χ1) is 9.00. The van der Waals surface area contributed by atoms with Crippen molar-refractivity contribution >= 4 is 5.78 Å². The minimum absolute atomic E-state index is 0.122. The van der Waals surface area contributed by atoms with Gasteiger partial charge in [-0.15, -0.1) is 0 Å². The normalized spacial score (nSPS) is 12.2. The van der Waals surface area contributed by atoms with E-state index in [4.69, 9.17) is 0 Å². The molecular weight excluding hydrogens is 257 g/mol. The van der Waals surface area contributed by atoms with Gasteiger partial charge in [-0.05, 0) is 19.1 Å². The highest BCUT2D eigenvalue weighted by Crippen LogP contribution is 2.22. The quantitative estimate of drug-likeness (QED) is 0.802. The number of carbonyl (C=O) groups excluding carboxylic acids is 1. The van der Waals surface area contributed by atoms with Crippen LogP contribution in [0.15, 0.2) is 30.7 Å². The maximum absolute atomic E-state index is 13.5. The van der Waals surface area contributed by atoms with Crippen molar-refractivity contribution in [2.45, 2.75) is 12.8 Å². The summed E-state index contributed by atoms with van der Waals surface area (Å²) in [6, 6.07) is 2.61. The van der Waals surface area contributed by atoms with Gasteiger partial charge in [0.1, 0.15) is 18.0 Å². The summed E-state index contributed by atoms with van der Waals surface area (Å²) in [5.41, 5.74) is -0.421. The van der Waals surface area contributed by atoms with Crippen molar-refractivity contribution < 1.29 is 18.0 Å². The van der Waals surface area contributed by atoms with Crippen LogP contribution in [0.1, 0.15) is 28.9 Å². The Kier molecular flexibility index (Phi) is 3.59. The molecule has 1 aromatic heterocycles. The number of hydrogen-bond acceptors (Lipinski definition) is 3. The van der Waals surface area contributed by atoms with E-state index in [0.717, 1.165) is 24.7 Å². The van der Waals surface area contributed by atoms with Gasteiger partial charge in [0.2, 0.25) is 0 Å². The lowest BCUT2D eigenvalue weighted by atomic mass is 9.95. The number of Topliss-reactive ketones (excluding diaryl/α,β-unsaturated/α-hetero) is 1. The third kappa shape index (κ3) is 2.62. The van der Waals surface area contributed by atoms with E-state index in [0.29, 0.717) is 6.07 Å². The van der Waals surface area contributed by atoms with E-state index in [1.807, 2.05) is 0 Å². The molecule has 2 aromatic rings. The number of ketones is 1. The van der Waals surface area contributed by atoms with Gasteiger partial charge in [0.15, 0.2) is 11.6 Å². The molecule has 0 amide bonds. The first-order valence-electron chi connectivity index (χ1n) is 5.45. The molecule has 0 aliphatic carbocycles. The molecule has 0 aliphatic heterocycles. The molecule has 3 nitrogen and oxygen atoms in total. The predicted molar refractivity (Wildman–Crippen MR) is 61.1 cm³/mol. The van der Waals surface area contributed by atoms with Crippen LogP contribution in [0, 0.1) is 17.5 Å². The number of nitrogens with zero attached hydrogens (tertiary/aromatic N) is 2. The number of benzene rings is 1. The largest absolute Gasteiger partial charge is 0.293 e. The summed E-state index contributed by atoms with van der Waals surface area (Å²) in [6.07, 6.45) is 2.02. The van der Waals surface area contributed by atoms with E-state index >= 15 is 0 Å². The average molecular weight is 266 g/mol. The van der Waals surface area contributed by atoms with Crippen molar-refractivity contribution in [3.8, 4) is 0 Å². The molecule has 0 spiro atoms. The summed E-state index contributed by atoms with van der Waals surface area (Å²) < 4.78 is 39.7. The van der Waals surface area contributed by atoms with Gasteiger partial charge in [-0.1, -0.05) is 0 Å². The Morgan fingerprint density at radius 3 is 2.58 bits per heavy atom. The number of halogens is 3. The minimum Gasteiger partial charge on any atom is -0.293 e. The molecule has 1 aromatic carbocycles. The SMILES string of the molecule is CC(C(=O)c1ccc(F)cc1F)c1ncncc1F. The van der Waals surface area contributed by atoms with Crippen LogP contribution >= 0.6 is 0 Å². The molecular formula is C13H9F3N2O. The Balaban J connectivity index is 2.37. The Morgan fingerprint density at radius 2 is 1.95 bits per heavy atom.